The third-order valence-electron chi connectivity index (χ3n) is 2.77. The summed E-state index contributed by atoms with van der Waals surface area (Å²) in [6, 6.07) is 3.71. The molecule has 2 nitrogen and oxygen atoms in total. The van der Waals surface area contributed by atoms with Gasteiger partial charge in [-0.25, -0.2) is 0 Å². The molecule has 0 aliphatic rings. The first-order chi connectivity index (χ1) is 8.95. The molecular weight excluding hydrogens is 255 g/mol. The number of alkyl halides is 3. The Bertz CT molecular complexity index is 391. The van der Waals surface area contributed by atoms with Gasteiger partial charge in [-0.05, 0) is 31.0 Å². The molecule has 5 heteroatoms. The van der Waals surface area contributed by atoms with E-state index in [9.17, 15) is 13.2 Å². The number of hydrogen-bond donors (Lipinski definition) is 1. The van der Waals surface area contributed by atoms with Crippen LogP contribution in [0.15, 0.2) is 18.2 Å². The van der Waals surface area contributed by atoms with Crippen LogP contribution in [0, 0.1) is 6.92 Å². The van der Waals surface area contributed by atoms with Gasteiger partial charge in [0.25, 0.3) is 0 Å². The Hall–Kier alpha value is -1.23. The van der Waals surface area contributed by atoms with Gasteiger partial charge in [0.05, 0.1) is 12.2 Å². The maximum absolute atomic E-state index is 12.6. The highest BCUT2D eigenvalue weighted by atomic mass is 19.4. The smallest absolute Gasteiger partial charge is 0.383 e. The molecule has 1 N–H and O–H groups in total. The summed E-state index contributed by atoms with van der Waals surface area (Å²) in [5, 5.41) is 2.98. The van der Waals surface area contributed by atoms with Crippen molar-refractivity contribution in [1.29, 1.82) is 0 Å². The van der Waals surface area contributed by atoms with Crippen LogP contribution in [0.25, 0.3) is 0 Å². The number of hydrogen-bond acceptors (Lipinski definition) is 2. The van der Waals surface area contributed by atoms with E-state index >= 15 is 0 Å². The molecule has 0 spiro atoms. The van der Waals surface area contributed by atoms with Crippen LogP contribution in [0.4, 0.5) is 18.9 Å². The summed E-state index contributed by atoms with van der Waals surface area (Å²) >= 11 is 0. The summed E-state index contributed by atoms with van der Waals surface area (Å²) in [5.41, 5.74) is 0.669. The molecule has 1 aromatic carbocycles. The zero-order chi connectivity index (χ0) is 14.3. The van der Waals surface area contributed by atoms with E-state index in [1.54, 1.807) is 6.92 Å². The largest absolute Gasteiger partial charge is 0.416 e. The van der Waals surface area contributed by atoms with Crippen LogP contribution < -0.4 is 5.32 Å². The second-order valence-electron chi connectivity index (χ2n) is 4.42. The van der Waals surface area contributed by atoms with Gasteiger partial charge >= 0.3 is 6.18 Å². The summed E-state index contributed by atoms with van der Waals surface area (Å²) in [6.07, 6.45) is -2.23. The van der Waals surface area contributed by atoms with E-state index in [2.05, 4.69) is 12.2 Å². The lowest BCUT2D eigenvalue weighted by Crippen LogP contribution is -2.12. The molecule has 0 radical (unpaired) electrons. The SMILES string of the molecule is CCCCOCCNc1cc(C(F)(F)F)ccc1C. The fourth-order valence-corrected chi connectivity index (χ4v) is 1.60. The van der Waals surface area contributed by atoms with Crippen molar-refractivity contribution < 1.29 is 17.9 Å². The molecule has 0 unspecified atom stereocenters. The number of unbranched alkanes of at least 4 members (excludes halogenated alkanes) is 1. The van der Waals surface area contributed by atoms with Gasteiger partial charge in [0.1, 0.15) is 0 Å². The summed E-state index contributed by atoms with van der Waals surface area (Å²) in [5.74, 6) is 0. The van der Waals surface area contributed by atoms with Crippen LogP contribution in [-0.2, 0) is 10.9 Å². The molecule has 0 heterocycles. The molecule has 0 fully saturated rings. The van der Waals surface area contributed by atoms with E-state index < -0.39 is 11.7 Å². The van der Waals surface area contributed by atoms with Crippen LogP contribution in [0.5, 0.6) is 0 Å². The minimum absolute atomic E-state index is 0.496. The Morgan fingerprint density at radius 1 is 1.21 bits per heavy atom. The van der Waals surface area contributed by atoms with Crippen LogP contribution in [-0.4, -0.2) is 19.8 Å². The van der Waals surface area contributed by atoms with E-state index in [1.165, 1.54) is 6.07 Å². The van der Waals surface area contributed by atoms with Crippen molar-refractivity contribution in [3.05, 3.63) is 29.3 Å². The lowest BCUT2D eigenvalue weighted by molar-refractivity contribution is -0.137. The van der Waals surface area contributed by atoms with E-state index in [-0.39, 0.29) is 0 Å². The molecule has 0 saturated heterocycles. The quantitative estimate of drug-likeness (QED) is 0.751. The predicted molar refractivity (Wildman–Crippen MR) is 70.4 cm³/mol. The van der Waals surface area contributed by atoms with Crippen molar-refractivity contribution in [3.63, 3.8) is 0 Å². The second-order valence-corrected chi connectivity index (χ2v) is 4.42. The lowest BCUT2D eigenvalue weighted by Gasteiger charge is -2.13. The molecular formula is C14H20F3NO. The van der Waals surface area contributed by atoms with Gasteiger partial charge in [-0.3, -0.25) is 0 Å². The van der Waals surface area contributed by atoms with Gasteiger partial charge in [0, 0.05) is 18.8 Å². The molecule has 1 rings (SSSR count). The van der Waals surface area contributed by atoms with Gasteiger partial charge in [0.15, 0.2) is 0 Å². The van der Waals surface area contributed by atoms with Crippen molar-refractivity contribution in [2.24, 2.45) is 0 Å². The molecule has 0 amide bonds. The van der Waals surface area contributed by atoms with Gasteiger partial charge in [-0.1, -0.05) is 19.4 Å². The third-order valence-corrected chi connectivity index (χ3v) is 2.77. The minimum atomic E-state index is -4.30. The number of anilines is 1. The molecule has 0 aromatic heterocycles. The molecule has 19 heavy (non-hydrogen) atoms. The topological polar surface area (TPSA) is 21.3 Å². The van der Waals surface area contributed by atoms with Crippen molar-refractivity contribution in [2.75, 3.05) is 25.1 Å². The summed E-state index contributed by atoms with van der Waals surface area (Å²) < 4.78 is 43.1. The number of nitrogens with one attached hydrogen (secondary N) is 1. The molecule has 0 atom stereocenters. The standard InChI is InChI=1S/C14H20F3NO/c1-3-4-8-19-9-7-18-13-10-12(14(15,16)17)6-5-11(13)2/h5-6,10,18H,3-4,7-9H2,1-2H3. The molecule has 108 valence electrons. The predicted octanol–water partition coefficient (Wildman–Crippen LogP) is 4.24. The van der Waals surface area contributed by atoms with Crippen molar-refractivity contribution in [1.82, 2.24) is 0 Å². The Kier molecular flexibility index (Phi) is 6.15. The van der Waals surface area contributed by atoms with Crippen LogP contribution in [0.3, 0.4) is 0 Å². The van der Waals surface area contributed by atoms with E-state index in [0.717, 1.165) is 30.5 Å². The monoisotopic (exact) mass is 275 g/mol. The first-order valence-electron chi connectivity index (χ1n) is 6.44. The third kappa shape index (κ3) is 5.51. The van der Waals surface area contributed by atoms with E-state index in [0.29, 0.717) is 25.4 Å². The molecule has 0 aliphatic carbocycles. The van der Waals surface area contributed by atoms with Crippen LogP contribution in [0.2, 0.25) is 0 Å². The Labute approximate surface area is 112 Å². The first-order valence-corrected chi connectivity index (χ1v) is 6.44. The molecule has 1 aromatic rings. The van der Waals surface area contributed by atoms with Gasteiger partial charge in [0.2, 0.25) is 0 Å². The molecule has 0 aliphatic heterocycles. The van der Waals surface area contributed by atoms with Gasteiger partial charge in [-0.2, -0.15) is 13.2 Å². The van der Waals surface area contributed by atoms with Crippen LogP contribution in [0.1, 0.15) is 30.9 Å². The van der Waals surface area contributed by atoms with Gasteiger partial charge in [-0.15, -0.1) is 0 Å². The van der Waals surface area contributed by atoms with E-state index in [1.807, 2.05) is 0 Å². The normalized spacial score (nSPS) is 11.6. The maximum Gasteiger partial charge on any atom is 0.416 e. The fourth-order valence-electron chi connectivity index (χ4n) is 1.60. The van der Waals surface area contributed by atoms with Crippen LogP contribution >= 0.6 is 0 Å². The lowest BCUT2D eigenvalue weighted by atomic mass is 10.1. The number of ether oxygens (including phenoxy) is 1. The Morgan fingerprint density at radius 3 is 2.58 bits per heavy atom. The highest BCUT2D eigenvalue weighted by Gasteiger charge is 2.30. The number of halogens is 3. The number of benzene rings is 1. The van der Waals surface area contributed by atoms with E-state index in [4.69, 9.17) is 4.74 Å². The van der Waals surface area contributed by atoms with Crippen molar-refractivity contribution in [2.45, 2.75) is 32.9 Å². The fraction of sp³-hybridized carbons (Fsp3) is 0.571. The van der Waals surface area contributed by atoms with Gasteiger partial charge < -0.3 is 10.1 Å². The van der Waals surface area contributed by atoms with Crippen molar-refractivity contribution in [3.8, 4) is 0 Å². The number of aryl methyl sites for hydroxylation is 1. The zero-order valence-corrected chi connectivity index (χ0v) is 11.3. The zero-order valence-electron chi connectivity index (χ0n) is 11.3. The highest BCUT2D eigenvalue weighted by molar-refractivity contribution is 5.53. The average molecular weight is 275 g/mol. The maximum atomic E-state index is 12.6. The molecule has 0 bridgehead atoms. The minimum Gasteiger partial charge on any atom is -0.383 e. The summed E-state index contributed by atoms with van der Waals surface area (Å²) in [7, 11) is 0. The number of rotatable bonds is 7. The Balaban J connectivity index is 2.49. The average Bonchev–Trinajstić information content (AvgIpc) is 2.34. The summed E-state index contributed by atoms with van der Waals surface area (Å²) in [4.78, 5) is 0. The first kappa shape index (κ1) is 15.8. The second kappa shape index (κ2) is 7.38. The van der Waals surface area contributed by atoms with Crippen molar-refractivity contribution >= 4 is 5.69 Å². The molecule has 0 saturated carbocycles. The summed E-state index contributed by atoms with van der Waals surface area (Å²) in [6.45, 7) is 5.55. The highest BCUT2D eigenvalue weighted by Crippen LogP contribution is 2.31. The Morgan fingerprint density at radius 2 is 1.95 bits per heavy atom.